The molecule has 2 aromatic rings. The molecule has 21 heavy (non-hydrogen) atoms. The molecule has 1 unspecified atom stereocenters. The molecule has 0 saturated carbocycles. The molecule has 0 spiro atoms. The maximum Gasteiger partial charge on any atom is 0.186 e. The predicted octanol–water partition coefficient (Wildman–Crippen LogP) is 3.69. The largest absolute Gasteiger partial charge is 0.464 e. The van der Waals surface area contributed by atoms with E-state index in [2.05, 4.69) is 18.7 Å². The number of aromatic nitrogens is 1. The van der Waals surface area contributed by atoms with Crippen molar-refractivity contribution in [3.63, 3.8) is 0 Å². The number of aliphatic hydroxyl groups excluding tert-OH is 1. The van der Waals surface area contributed by atoms with Crippen LogP contribution in [0.15, 0.2) is 16.5 Å². The number of furan rings is 1. The van der Waals surface area contributed by atoms with Gasteiger partial charge in [0.2, 0.25) is 0 Å². The molecule has 3 rings (SSSR count). The third kappa shape index (κ3) is 2.99. The van der Waals surface area contributed by atoms with Crippen LogP contribution in [-0.2, 0) is 13.0 Å². The van der Waals surface area contributed by atoms with Crippen LogP contribution >= 0.6 is 11.3 Å². The summed E-state index contributed by atoms with van der Waals surface area (Å²) in [6, 6.07) is 3.97. The van der Waals surface area contributed by atoms with Gasteiger partial charge < -0.3 is 14.4 Å². The summed E-state index contributed by atoms with van der Waals surface area (Å²) in [7, 11) is 2.01. The van der Waals surface area contributed by atoms with Crippen LogP contribution in [0.5, 0.6) is 0 Å². The lowest BCUT2D eigenvalue weighted by atomic mass is 9.77. The number of aryl methyl sites for hydroxylation is 1. The summed E-state index contributed by atoms with van der Waals surface area (Å²) >= 11 is 1.60. The number of fused-ring (bicyclic) bond motifs is 1. The molecule has 0 radical (unpaired) electrons. The molecule has 0 aliphatic heterocycles. The van der Waals surface area contributed by atoms with Crippen LogP contribution in [0.3, 0.4) is 0 Å². The number of aliphatic hydroxyl groups is 1. The topological polar surface area (TPSA) is 49.5 Å². The Balaban J connectivity index is 1.81. The van der Waals surface area contributed by atoms with E-state index >= 15 is 0 Å². The van der Waals surface area contributed by atoms with Gasteiger partial charge in [0.25, 0.3) is 0 Å². The molecule has 1 N–H and O–H groups in total. The first kappa shape index (κ1) is 14.6. The molecule has 1 aliphatic carbocycles. The Labute approximate surface area is 129 Å². The Hall–Kier alpha value is -1.33. The van der Waals surface area contributed by atoms with Gasteiger partial charge in [0.1, 0.15) is 11.5 Å². The normalized spacial score (nSPS) is 20.3. The van der Waals surface area contributed by atoms with E-state index < -0.39 is 0 Å². The number of thiazole rings is 1. The van der Waals surface area contributed by atoms with Crippen molar-refractivity contribution in [1.29, 1.82) is 0 Å². The summed E-state index contributed by atoms with van der Waals surface area (Å²) in [6.45, 7) is 7.02. The molecule has 2 heterocycles. The van der Waals surface area contributed by atoms with Crippen LogP contribution in [0.25, 0.3) is 0 Å². The van der Waals surface area contributed by atoms with Crippen LogP contribution in [0, 0.1) is 12.3 Å². The fourth-order valence-electron chi connectivity index (χ4n) is 2.91. The molecule has 1 aliphatic rings. The standard InChI is InChI=1S/C16H22N2O2S/c1-10-5-6-11(20-10)9-18(4)15-17-12-7-16(2,3)8-13(19)14(12)21-15/h5-6,13,19H,7-9H2,1-4H3. The molecule has 2 aromatic heterocycles. The van der Waals surface area contributed by atoms with E-state index in [1.54, 1.807) is 11.3 Å². The van der Waals surface area contributed by atoms with Crippen LogP contribution in [0.1, 0.15) is 48.5 Å². The lowest BCUT2D eigenvalue weighted by Crippen LogP contribution is -2.24. The van der Waals surface area contributed by atoms with Crippen molar-refractivity contribution in [2.45, 2.75) is 46.3 Å². The van der Waals surface area contributed by atoms with E-state index in [1.165, 1.54) is 0 Å². The minimum atomic E-state index is -0.380. The quantitative estimate of drug-likeness (QED) is 0.939. The molecule has 0 fully saturated rings. The lowest BCUT2D eigenvalue weighted by molar-refractivity contribution is 0.102. The smallest absolute Gasteiger partial charge is 0.186 e. The highest BCUT2D eigenvalue weighted by molar-refractivity contribution is 7.15. The summed E-state index contributed by atoms with van der Waals surface area (Å²) < 4.78 is 5.62. The van der Waals surface area contributed by atoms with Gasteiger partial charge >= 0.3 is 0 Å². The van der Waals surface area contributed by atoms with Crippen molar-refractivity contribution < 1.29 is 9.52 Å². The van der Waals surface area contributed by atoms with Crippen LogP contribution in [0.4, 0.5) is 5.13 Å². The SMILES string of the molecule is Cc1ccc(CN(C)c2nc3c(s2)C(O)CC(C)(C)C3)o1. The number of anilines is 1. The molecule has 5 heteroatoms. The third-order valence-corrected chi connectivity index (χ3v) is 5.24. The van der Waals surface area contributed by atoms with E-state index in [-0.39, 0.29) is 11.5 Å². The maximum absolute atomic E-state index is 10.3. The van der Waals surface area contributed by atoms with Crippen molar-refractivity contribution in [3.8, 4) is 0 Å². The van der Waals surface area contributed by atoms with Crippen molar-refractivity contribution in [1.82, 2.24) is 4.98 Å². The molecule has 0 saturated heterocycles. The first-order valence-corrected chi connectivity index (χ1v) is 8.10. The Morgan fingerprint density at radius 3 is 2.90 bits per heavy atom. The fraction of sp³-hybridized carbons (Fsp3) is 0.562. The van der Waals surface area contributed by atoms with Gasteiger partial charge in [-0.1, -0.05) is 25.2 Å². The first-order chi connectivity index (χ1) is 9.84. The molecule has 0 bridgehead atoms. The Kier molecular flexibility index (Phi) is 3.58. The average molecular weight is 306 g/mol. The first-order valence-electron chi connectivity index (χ1n) is 7.28. The second-order valence-electron chi connectivity index (χ2n) is 6.74. The second-order valence-corrected chi connectivity index (χ2v) is 7.75. The summed E-state index contributed by atoms with van der Waals surface area (Å²) in [5.41, 5.74) is 1.18. The summed E-state index contributed by atoms with van der Waals surface area (Å²) in [5.74, 6) is 1.86. The van der Waals surface area contributed by atoms with E-state index in [0.717, 1.165) is 40.1 Å². The third-order valence-electron chi connectivity index (χ3n) is 3.93. The molecular formula is C16H22N2O2S. The van der Waals surface area contributed by atoms with Gasteiger partial charge in [-0.2, -0.15) is 0 Å². The molecule has 114 valence electrons. The Morgan fingerprint density at radius 1 is 1.48 bits per heavy atom. The van der Waals surface area contributed by atoms with Crippen LogP contribution in [-0.4, -0.2) is 17.1 Å². The average Bonchev–Trinajstić information content (AvgIpc) is 2.94. The number of rotatable bonds is 3. The fourth-order valence-corrected chi connectivity index (χ4v) is 3.94. The van der Waals surface area contributed by atoms with E-state index in [4.69, 9.17) is 9.40 Å². The molecule has 0 amide bonds. The highest BCUT2D eigenvalue weighted by Crippen LogP contribution is 2.44. The van der Waals surface area contributed by atoms with E-state index in [0.29, 0.717) is 6.54 Å². The van der Waals surface area contributed by atoms with Gasteiger partial charge in [0.15, 0.2) is 5.13 Å². The second kappa shape index (κ2) is 5.14. The van der Waals surface area contributed by atoms with Crippen LogP contribution < -0.4 is 4.90 Å². The maximum atomic E-state index is 10.3. The zero-order valence-electron chi connectivity index (χ0n) is 13.0. The molecule has 1 atom stereocenters. The van der Waals surface area contributed by atoms with Gasteiger partial charge in [-0.15, -0.1) is 0 Å². The summed E-state index contributed by atoms with van der Waals surface area (Å²) in [4.78, 5) is 7.86. The van der Waals surface area contributed by atoms with Gasteiger partial charge in [-0.3, -0.25) is 0 Å². The number of hydrogen-bond acceptors (Lipinski definition) is 5. The van der Waals surface area contributed by atoms with Crippen molar-refractivity contribution in [3.05, 3.63) is 34.2 Å². The number of nitrogens with zero attached hydrogens (tertiary/aromatic N) is 2. The zero-order chi connectivity index (χ0) is 15.2. The van der Waals surface area contributed by atoms with Crippen molar-refractivity contribution >= 4 is 16.5 Å². The van der Waals surface area contributed by atoms with Gasteiger partial charge in [0, 0.05) is 7.05 Å². The molecule has 0 aromatic carbocycles. The van der Waals surface area contributed by atoms with Gasteiger partial charge in [0.05, 0.1) is 23.2 Å². The highest BCUT2D eigenvalue weighted by Gasteiger charge is 2.34. The minimum absolute atomic E-state index is 0.119. The van der Waals surface area contributed by atoms with Gasteiger partial charge in [-0.05, 0) is 37.3 Å². The molecular weight excluding hydrogens is 284 g/mol. The summed E-state index contributed by atoms with van der Waals surface area (Å²) in [5, 5.41) is 11.3. The Morgan fingerprint density at radius 2 is 2.24 bits per heavy atom. The molecule has 4 nitrogen and oxygen atoms in total. The van der Waals surface area contributed by atoms with Crippen molar-refractivity contribution in [2.75, 3.05) is 11.9 Å². The predicted molar refractivity (Wildman–Crippen MR) is 84.7 cm³/mol. The Bertz CT molecular complexity index is 644. The van der Waals surface area contributed by atoms with Crippen LogP contribution in [0.2, 0.25) is 0 Å². The summed E-state index contributed by atoms with van der Waals surface area (Å²) in [6.07, 6.45) is 1.36. The van der Waals surface area contributed by atoms with E-state index in [9.17, 15) is 5.11 Å². The monoisotopic (exact) mass is 306 g/mol. The highest BCUT2D eigenvalue weighted by atomic mass is 32.1. The van der Waals surface area contributed by atoms with E-state index in [1.807, 2.05) is 26.1 Å². The van der Waals surface area contributed by atoms with Crippen molar-refractivity contribution in [2.24, 2.45) is 5.41 Å². The zero-order valence-corrected chi connectivity index (χ0v) is 13.8. The lowest BCUT2D eigenvalue weighted by Gasteiger charge is -2.31. The minimum Gasteiger partial charge on any atom is -0.464 e. The van der Waals surface area contributed by atoms with Gasteiger partial charge in [-0.25, -0.2) is 4.98 Å². The number of hydrogen-bond donors (Lipinski definition) is 1.